The minimum Gasteiger partial charge on any atom is -0.444 e. The molecule has 0 saturated carbocycles. The molecular formula is C23H36N4O3. The van der Waals surface area contributed by atoms with E-state index in [0.717, 1.165) is 63.8 Å². The van der Waals surface area contributed by atoms with Gasteiger partial charge in [0, 0.05) is 25.3 Å². The third-order valence-corrected chi connectivity index (χ3v) is 4.41. The molecule has 1 aliphatic rings. The zero-order chi connectivity index (χ0) is 21.8. The van der Waals surface area contributed by atoms with Gasteiger partial charge in [-0.15, -0.1) is 0 Å². The van der Waals surface area contributed by atoms with Crippen molar-refractivity contribution >= 4 is 17.7 Å². The highest BCUT2D eigenvalue weighted by Crippen LogP contribution is 2.13. The number of rotatable bonds is 8. The van der Waals surface area contributed by atoms with Crippen LogP contribution >= 0.6 is 0 Å². The SMILES string of the molecule is CCNC(=NCCC1=CCOCC1)NCCc1ccc(NC(=O)OC(C)(C)C)cc1. The molecule has 0 radical (unpaired) electrons. The van der Waals surface area contributed by atoms with Gasteiger partial charge in [-0.05, 0) is 64.7 Å². The largest absolute Gasteiger partial charge is 0.444 e. The Balaban J connectivity index is 1.75. The lowest BCUT2D eigenvalue weighted by atomic mass is 10.1. The molecule has 7 nitrogen and oxygen atoms in total. The number of benzene rings is 1. The average Bonchev–Trinajstić information content (AvgIpc) is 2.69. The number of carbonyl (C=O) groups is 1. The van der Waals surface area contributed by atoms with Crippen molar-refractivity contribution in [2.75, 3.05) is 38.2 Å². The highest BCUT2D eigenvalue weighted by Gasteiger charge is 2.16. The molecule has 1 amide bonds. The number of ether oxygens (including phenoxy) is 2. The average molecular weight is 417 g/mol. The van der Waals surface area contributed by atoms with E-state index in [4.69, 9.17) is 9.47 Å². The van der Waals surface area contributed by atoms with Gasteiger partial charge in [-0.3, -0.25) is 10.3 Å². The summed E-state index contributed by atoms with van der Waals surface area (Å²) in [5.74, 6) is 0.841. The summed E-state index contributed by atoms with van der Waals surface area (Å²) in [4.78, 5) is 16.5. The smallest absolute Gasteiger partial charge is 0.412 e. The number of hydrogen-bond donors (Lipinski definition) is 3. The van der Waals surface area contributed by atoms with Crippen molar-refractivity contribution < 1.29 is 14.3 Å². The molecule has 0 fully saturated rings. The Morgan fingerprint density at radius 1 is 1.17 bits per heavy atom. The predicted octanol–water partition coefficient (Wildman–Crippen LogP) is 3.87. The van der Waals surface area contributed by atoms with E-state index in [1.54, 1.807) is 0 Å². The van der Waals surface area contributed by atoms with Gasteiger partial charge in [-0.1, -0.05) is 23.8 Å². The highest BCUT2D eigenvalue weighted by molar-refractivity contribution is 5.84. The number of anilines is 1. The van der Waals surface area contributed by atoms with Gasteiger partial charge in [0.05, 0.1) is 13.2 Å². The monoisotopic (exact) mass is 416 g/mol. The minimum absolute atomic E-state index is 0.445. The van der Waals surface area contributed by atoms with E-state index in [-0.39, 0.29) is 0 Å². The van der Waals surface area contributed by atoms with Crippen molar-refractivity contribution in [3.63, 3.8) is 0 Å². The fraction of sp³-hybridized carbons (Fsp3) is 0.565. The fourth-order valence-electron chi connectivity index (χ4n) is 2.95. The lowest BCUT2D eigenvalue weighted by Gasteiger charge is -2.19. The van der Waals surface area contributed by atoms with Crippen LogP contribution in [0.15, 0.2) is 40.9 Å². The highest BCUT2D eigenvalue weighted by atomic mass is 16.6. The van der Waals surface area contributed by atoms with E-state index in [1.807, 2.05) is 45.0 Å². The number of nitrogens with one attached hydrogen (secondary N) is 3. The normalized spacial score (nSPS) is 14.7. The number of nitrogens with zero attached hydrogens (tertiary/aromatic N) is 1. The van der Waals surface area contributed by atoms with Gasteiger partial charge in [0.15, 0.2) is 5.96 Å². The molecule has 0 aromatic heterocycles. The third kappa shape index (κ3) is 9.78. The first-order valence-corrected chi connectivity index (χ1v) is 10.7. The lowest BCUT2D eigenvalue weighted by molar-refractivity contribution is 0.0636. The number of guanidine groups is 1. The molecule has 1 aromatic rings. The summed E-state index contributed by atoms with van der Waals surface area (Å²) < 4.78 is 10.6. The van der Waals surface area contributed by atoms with Crippen molar-refractivity contribution in [3.05, 3.63) is 41.5 Å². The molecule has 3 N–H and O–H groups in total. The summed E-state index contributed by atoms with van der Waals surface area (Å²) >= 11 is 0. The molecular weight excluding hydrogens is 380 g/mol. The maximum absolute atomic E-state index is 11.8. The first-order chi connectivity index (χ1) is 14.4. The zero-order valence-electron chi connectivity index (χ0n) is 18.7. The van der Waals surface area contributed by atoms with Gasteiger partial charge in [-0.2, -0.15) is 0 Å². The second-order valence-corrected chi connectivity index (χ2v) is 8.20. The Morgan fingerprint density at radius 3 is 2.57 bits per heavy atom. The van der Waals surface area contributed by atoms with E-state index in [9.17, 15) is 4.79 Å². The van der Waals surface area contributed by atoms with Gasteiger partial charge < -0.3 is 20.1 Å². The molecule has 166 valence electrons. The topological polar surface area (TPSA) is 84.0 Å². The minimum atomic E-state index is -0.511. The molecule has 0 saturated heterocycles. The summed E-state index contributed by atoms with van der Waals surface area (Å²) in [6, 6.07) is 7.80. The molecule has 2 rings (SSSR count). The van der Waals surface area contributed by atoms with Crippen LogP contribution in [0.5, 0.6) is 0 Å². The number of aliphatic imine (C=N–C) groups is 1. The summed E-state index contributed by atoms with van der Waals surface area (Å²) in [7, 11) is 0. The summed E-state index contributed by atoms with van der Waals surface area (Å²) in [6.45, 7) is 11.5. The van der Waals surface area contributed by atoms with Crippen molar-refractivity contribution in [2.45, 2.75) is 52.6 Å². The molecule has 0 aliphatic carbocycles. The summed E-state index contributed by atoms with van der Waals surface area (Å²) in [6.07, 6.45) is 4.57. The summed E-state index contributed by atoms with van der Waals surface area (Å²) in [5.41, 5.74) is 2.82. The van der Waals surface area contributed by atoms with E-state index in [0.29, 0.717) is 0 Å². The van der Waals surface area contributed by atoms with Gasteiger partial charge in [0.1, 0.15) is 5.60 Å². The van der Waals surface area contributed by atoms with Gasteiger partial charge in [0.2, 0.25) is 0 Å². The fourth-order valence-corrected chi connectivity index (χ4v) is 2.95. The number of carbonyl (C=O) groups excluding carboxylic acids is 1. The molecule has 7 heteroatoms. The van der Waals surface area contributed by atoms with Gasteiger partial charge in [0.25, 0.3) is 0 Å². The Kier molecular flexibility index (Phi) is 9.67. The second-order valence-electron chi connectivity index (χ2n) is 8.20. The quantitative estimate of drug-likeness (QED) is 0.340. The first-order valence-electron chi connectivity index (χ1n) is 10.7. The zero-order valence-corrected chi connectivity index (χ0v) is 18.7. The van der Waals surface area contributed by atoms with Gasteiger partial charge >= 0.3 is 6.09 Å². The Labute approximate surface area is 180 Å². The Morgan fingerprint density at radius 2 is 1.93 bits per heavy atom. The molecule has 1 heterocycles. The van der Waals surface area contributed by atoms with Crippen LogP contribution in [0, 0.1) is 0 Å². The first kappa shape index (κ1) is 23.7. The van der Waals surface area contributed by atoms with E-state index < -0.39 is 11.7 Å². The maximum atomic E-state index is 11.8. The molecule has 0 bridgehead atoms. The van der Waals surface area contributed by atoms with Gasteiger partial charge in [-0.25, -0.2) is 4.79 Å². The van der Waals surface area contributed by atoms with Crippen molar-refractivity contribution in [1.29, 1.82) is 0 Å². The van der Waals surface area contributed by atoms with Crippen molar-refractivity contribution in [2.24, 2.45) is 4.99 Å². The van der Waals surface area contributed by atoms with Crippen LogP contribution in [0.4, 0.5) is 10.5 Å². The molecule has 0 spiro atoms. The molecule has 30 heavy (non-hydrogen) atoms. The van der Waals surface area contributed by atoms with Crippen molar-refractivity contribution in [3.8, 4) is 0 Å². The Bertz CT molecular complexity index is 721. The maximum Gasteiger partial charge on any atom is 0.412 e. The second kappa shape index (κ2) is 12.2. The predicted molar refractivity (Wildman–Crippen MR) is 122 cm³/mol. The van der Waals surface area contributed by atoms with E-state index in [1.165, 1.54) is 11.1 Å². The molecule has 0 atom stereocenters. The van der Waals surface area contributed by atoms with E-state index >= 15 is 0 Å². The molecule has 0 unspecified atom stereocenters. The summed E-state index contributed by atoms with van der Waals surface area (Å²) in [5, 5.41) is 9.42. The van der Waals surface area contributed by atoms with Crippen molar-refractivity contribution in [1.82, 2.24) is 10.6 Å². The standard InChI is InChI=1S/C23H36N4O3/c1-5-24-21(26-15-11-19-12-16-29-17-13-19)25-14-10-18-6-8-20(9-7-18)27-22(28)30-23(2,3)4/h6-9,12H,5,10-11,13-17H2,1-4H3,(H,27,28)(H2,24,25,26). The van der Waals surface area contributed by atoms with Crippen LogP contribution in [0.3, 0.4) is 0 Å². The van der Waals surface area contributed by atoms with Crippen LogP contribution in [0.25, 0.3) is 0 Å². The third-order valence-electron chi connectivity index (χ3n) is 4.41. The van der Waals surface area contributed by atoms with Crippen LogP contribution in [0.1, 0.15) is 46.1 Å². The van der Waals surface area contributed by atoms with E-state index in [2.05, 4.69) is 33.9 Å². The Hall–Kier alpha value is -2.54. The lowest BCUT2D eigenvalue weighted by Crippen LogP contribution is -2.38. The van der Waals surface area contributed by atoms with Crippen LogP contribution < -0.4 is 16.0 Å². The van der Waals surface area contributed by atoms with Crippen LogP contribution in [0.2, 0.25) is 0 Å². The number of hydrogen-bond acceptors (Lipinski definition) is 4. The van der Waals surface area contributed by atoms with Crippen LogP contribution in [-0.2, 0) is 15.9 Å². The molecule has 1 aromatic carbocycles. The number of amides is 1. The van der Waals surface area contributed by atoms with Crippen LogP contribution in [-0.4, -0.2) is 50.5 Å². The molecule has 1 aliphatic heterocycles.